The van der Waals surface area contributed by atoms with Crippen LogP contribution in [0.25, 0.3) is 5.95 Å². The number of nitrogens with one attached hydrogen (secondary N) is 2. The number of carbonyl (C=O) groups is 1. The molecule has 1 aliphatic carbocycles. The first-order valence-corrected chi connectivity index (χ1v) is 9.25. The Morgan fingerprint density at radius 3 is 2.71 bits per heavy atom. The Morgan fingerprint density at radius 1 is 1.29 bits per heavy atom. The summed E-state index contributed by atoms with van der Waals surface area (Å²) in [5, 5.41) is 7.45. The molecule has 1 amide bonds. The van der Waals surface area contributed by atoms with Crippen molar-refractivity contribution >= 4 is 11.7 Å². The Kier molecular flexibility index (Phi) is 4.72. The van der Waals surface area contributed by atoms with Gasteiger partial charge in [-0.15, -0.1) is 0 Å². The summed E-state index contributed by atoms with van der Waals surface area (Å²) >= 11 is 0. The third-order valence-corrected chi connectivity index (χ3v) is 4.68. The van der Waals surface area contributed by atoms with Crippen molar-refractivity contribution in [3.63, 3.8) is 0 Å². The van der Waals surface area contributed by atoms with E-state index in [1.165, 1.54) is 0 Å². The summed E-state index contributed by atoms with van der Waals surface area (Å²) < 4.78 is 1.55. The van der Waals surface area contributed by atoms with E-state index < -0.39 is 0 Å². The zero-order valence-corrected chi connectivity index (χ0v) is 15.8. The first kappa shape index (κ1) is 18.0. The fourth-order valence-corrected chi connectivity index (χ4v) is 3.11. The normalized spacial score (nSPS) is 13.5. The number of anilines is 1. The zero-order chi connectivity index (χ0) is 19.7. The van der Waals surface area contributed by atoms with E-state index in [1.54, 1.807) is 37.0 Å². The minimum Gasteiger partial charge on any atom is -0.311 e. The Balaban J connectivity index is 1.51. The molecule has 1 fully saturated rings. The van der Waals surface area contributed by atoms with Crippen LogP contribution in [0, 0.1) is 13.8 Å². The van der Waals surface area contributed by atoms with Crippen LogP contribution in [0.15, 0.2) is 29.3 Å². The molecule has 0 aliphatic heterocycles. The van der Waals surface area contributed by atoms with Gasteiger partial charge in [-0.3, -0.25) is 9.59 Å². The van der Waals surface area contributed by atoms with E-state index in [2.05, 4.69) is 30.4 Å². The number of aryl methyl sites for hydroxylation is 2. The van der Waals surface area contributed by atoms with Gasteiger partial charge in [-0.25, -0.2) is 15.0 Å². The molecular weight excluding hydrogens is 358 g/mol. The maximum atomic E-state index is 12.5. The second kappa shape index (κ2) is 7.34. The molecule has 144 valence electrons. The molecular formula is C19H21N7O2. The van der Waals surface area contributed by atoms with Gasteiger partial charge in [0.25, 0.3) is 11.5 Å². The fraction of sp³-hybridized carbons (Fsp3) is 0.368. The van der Waals surface area contributed by atoms with Gasteiger partial charge in [0.05, 0.1) is 5.69 Å². The van der Waals surface area contributed by atoms with Gasteiger partial charge in [-0.1, -0.05) is 0 Å². The summed E-state index contributed by atoms with van der Waals surface area (Å²) in [7, 11) is 0. The van der Waals surface area contributed by atoms with Crippen LogP contribution in [0.2, 0.25) is 0 Å². The maximum Gasteiger partial charge on any atom is 0.254 e. The van der Waals surface area contributed by atoms with Crippen molar-refractivity contribution < 1.29 is 4.79 Å². The summed E-state index contributed by atoms with van der Waals surface area (Å²) in [5.74, 6) is 1.72. The molecule has 3 heterocycles. The predicted octanol–water partition coefficient (Wildman–Crippen LogP) is 1.81. The van der Waals surface area contributed by atoms with Gasteiger partial charge in [0, 0.05) is 42.1 Å². The second-order valence-corrected chi connectivity index (χ2v) is 6.95. The van der Waals surface area contributed by atoms with Crippen LogP contribution < -0.4 is 10.9 Å². The number of hydrogen-bond acceptors (Lipinski definition) is 6. The van der Waals surface area contributed by atoms with Crippen molar-refractivity contribution in [2.24, 2.45) is 0 Å². The molecule has 2 N–H and O–H groups in total. The molecule has 0 aromatic carbocycles. The van der Waals surface area contributed by atoms with Gasteiger partial charge in [0.1, 0.15) is 11.6 Å². The Morgan fingerprint density at radius 2 is 2.04 bits per heavy atom. The predicted molar refractivity (Wildman–Crippen MR) is 102 cm³/mol. The Bertz CT molecular complexity index is 1070. The number of nitrogens with zero attached hydrogens (tertiary/aromatic N) is 5. The first-order valence-electron chi connectivity index (χ1n) is 9.25. The number of hydrogen-bond donors (Lipinski definition) is 2. The Hall–Kier alpha value is -3.36. The van der Waals surface area contributed by atoms with Crippen LogP contribution >= 0.6 is 0 Å². The highest BCUT2D eigenvalue weighted by Gasteiger charge is 2.28. The SMILES string of the molecule is Cc1nc(C)c(CCC(=O)Nc2cc(C3CC3)nn2-c2ncccn2)c(=O)[nH]1. The molecule has 0 saturated heterocycles. The topological polar surface area (TPSA) is 118 Å². The van der Waals surface area contributed by atoms with Crippen LogP contribution in [0.4, 0.5) is 5.82 Å². The minimum absolute atomic E-state index is 0.161. The van der Waals surface area contributed by atoms with Gasteiger partial charge >= 0.3 is 0 Å². The van der Waals surface area contributed by atoms with Gasteiger partial charge < -0.3 is 10.3 Å². The molecule has 0 spiro atoms. The average molecular weight is 379 g/mol. The van der Waals surface area contributed by atoms with Crippen LogP contribution in [-0.2, 0) is 11.2 Å². The minimum atomic E-state index is -0.209. The van der Waals surface area contributed by atoms with E-state index >= 15 is 0 Å². The van der Waals surface area contributed by atoms with E-state index in [1.807, 2.05) is 6.07 Å². The zero-order valence-electron chi connectivity index (χ0n) is 15.8. The molecule has 9 nitrogen and oxygen atoms in total. The number of carbonyl (C=O) groups excluding carboxylic acids is 1. The highest BCUT2D eigenvalue weighted by atomic mass is 16.1. The fourth-order valence-electron chi connectivity index (χ4n) is 3.11. The lowest BCUT2D eigenvalue weighted by Crippen LogP contribution is -2.21. The molecule has 3 aromatic rings. The molecule has 0 atom stereocenters. The summed E-state index contributed by atoms with van der Waals surface area (Å²) in [6.07, 6.45) is 5.93. The molecule has 1 saturated carbocycles. The van der Waals surface area contributed by atoms with Crippen molar-refractivity contribution in [1.29, 1.82) is 0 Å². The van der Waals surface area contributed by atoms with Crippen molar-refractivity contribution in [2.45, 2.75) is 45.4 Å². The van der Waals surface area contributed by atoms with Crippen molar-refractivity contribution in [2.75, 3.05) is 5.32 Å². The van der Waals surface area contributed by atoms with E-state index in [-0.39, 0.29) is 17.9 Å². The van der Waals surface area contributed by atoms with E-state index in [0.29, 0.717) is 41.2 Å². The second-order valence-electron chi connectivity index (χ2n) is 6.95. The molecule has 28 heavy (non-hydrogen) atoms. The Labute approximate surface area is 161 Å². The van der Waals surface area contributed by atoms with Crippen molar-refractivity contribution in [1.82, 2.24) is 29.7 Å². The van der Waals surface area contributed by atoms with Gasteiger partial charge in [0.2, 0.25) is 5.91 Å². The van der Waals surface area contributed by atoms with Gasteiger partial charge in [0.15, 0.2) is 0 Å². The largest absolute Gasteiger partial charge is 0.311 e. The monoisotopic (exact) mass is 379 g/mol. The highest BCUT2D eigenvalue weighted by molar-refractivity contribution is 5.90. The van der Waals surface area contributed by atoms with Gasteiger partial charge in [-0.05, 0) is 39.2 Å². The van der Waals surface area contributed by atoms with Crippen molar-refractivity contribution in [3.8, 4) is 5.95 Å². The lowest BCUT2D eigenvalue weighted by atomic mass is 10.1. The van der Waals surface area contributed by atoms with Crippen LogP contribution in [0.5, 0.6) is 0 Å². The molecule has 0 unspecified atom stereocenters. The van der Waals surface area contributed by atoms with Crippen LogP contribution in [0.3, 0.4) is 0 Å². The number of aromatic nitrogens is 6. The van der Waals surface area contributed by atoms with Crippen LogP contribution in [-0.4, -0.2) is 35.6 Å². The van der Waals surface area contributed by atoms with Crippen molar-refractivity contribution in [3.05, 3.63) is 57.7 Å². The van der Waals surface area contributed by atoms with E-state index in [0.717, 1.165) is 18.5 Å². The first-order chi connectivity index (χ1) is 13.5. The smallest absolute Gasteiger partial charge is 0.254 e. The van der Waals surface area contributed by atoms with Crippen LogP contribution in [0.1, 0.15) is 48.0 Å². The quantitative estimate of drug-likeness (QED) is 0.674. The third kappa shape index (κ3) is 3.83. The summed E-state index contributed by atoms with van der Waals surface area (Å²) in [6, 6.07) is 3.60. The standard InChI is InChI=1S/C19H21N7O2/c1-11-14(18(28)23-12(2)22-11)6-7-17(27)24-16-10-15(13-4-5-13)25-26(16)19-20-8-3-9-21-19/h3,8-10,13H,4-7H2,1-2H3,(H,24,27)(H,22,23,28). The molecule has 0 radical (unpaired) electrons. The average Bonchev–Trinajstić information content (AvgIpc) is 3.42. The summed E-state index contributed by atoms with van der Waals surface area (Å²) in [6.45, 7) is 3.51. The lowest BCUT2D eigenvalue weighted by Gasteiger charge is -2.08. The highest BCUT2D eigenvalue weighted by Crippen LogP contribution is 2.40. The molecule has 9 heteroatoms. The third-order valence-electron chi connectivity index (χ3n) is 4.68. The molecule has 0 bridgehead atoms. The number of rotatable bonds is 6. The lowest BCUT2D eigenvalue weighted by molar-refractivity contribution is -0.116. The maximum absolute atomic E-state index is 12.5. The summed E-state index contributed by atoms with van der Waals surface area (Å²) in [5.41, 5.74) is 1.90. The molecule has 4 rings (SSSR count). The summed E-state index contributed by atoms with van der Waals surface area (Å²) in [4.78, 5) is 40.0. The number of amides is 1. The molecule has 3 aromatic heterocycles. The number of H-pyrrole nitrogens is 1. The van der Waals surface area contributed by atoms with Gasteiger partial charge in [-0.2, -0.15) is 9.78 Å². The van der Waals surface area contributed by atoms with E-state index in [9.17, 15) is 9.59 Å². The number of aromatic amines is 1. The molecule has 1 aliphatic rings. The van der Waals surface area contributed by atoms with E-state index in [4.69, 9.17) is 0 Å².